The molecule has 2 aliphatic rings. The molecule has 1 aliphatic heterocycles. The van der Waals surface area contributed by atoms with Gasteiger partial charge in [0.25, 0.3) is 0 Å². The first-order valence-electron chi connectivity index (χ1n) is 11.6. The van der Waals surface area contributed by atoms with Gasteiger partial charge >= 0.3 is 0 Å². The second-order valence-electron chi connectivity index (χ2n) is 7.78. The highest BCUT2D eigenvalue weighted by Crippen LogP contribution is 2.51. The van der Waals surface area contributed by atoms with Crippen molar-refractivity contribution >= 4 is 27.7 Å². The molecule has 2 heterocycles. The van der Waals surface area contributed by atoms with Gasteiger partial charge in [0.1, 0.15) is 17.0 Å². The molecule has 0 radical (unpaired) electrons. The standard InChI is InChI=1S/C26H20N2O2S/c1-26-20-10-3-2-6-17(20)15-22(26)31-25(28-26)18-8-4-9-19(14-18)30-23-13-12-16-7-5-11-21(29)24(16)27-23/h2-14,22,29H,15H2,1H3/t22-,26+/m1/s1/i1D3. The molecule has 0 unspecified atom stereocenters. The molecule has 0 fully saturated rings. The van der Waals surface area contributed by atoms with Crippen LogP contribution in [0.15, 0.2) is 83.9 Å². The third-order valence-electron chi connectivity index (χ3n) is 5.81. The number of benzene rings is 3. The topological polar surface area (TPSA) is 54.7 Å². The number of pyridine rings is 1. The monoisotopic (exact) mass is 427 g/mol. The zero-order chi connectivity index (χ0) is 23.5. The zero-order valence-corrected chi connectivity index (χ0v) is 17.3. The van der Waals surface area contributed by atoms with Gasteiger partial charge in [-0.15, -0.1) is 0 Å². The van der Waals surface area contributed by atoms with Crippen molar-refractivity contribution in [1.29, 1.82) is 0 Å². The van der Waals surface area contributed by atoms with Crippen molar-refractivity contribution in [3.8, 4) is 17.4 Å². The maximum absolute atomic E-state index is 10.1. The second-order valence-corrected chi connectivity index (χ2v) is 8.97. The molecule has 31 heavy (non-hydrogen) atoms. The van der Waals surface area contributed by atoms with Crippen LogP contribution in [0, 0.1) is 0 Å². The minimum Gasteiger partial charge on any atom is -0.506 e. The number of rotatable bonds is 3. The van der Waals surface area contributed by atoms with E-state index < -0.39 is 12.4 Å². The molecule has 6 rings (SSSR count). The van der Waals surface area contributed by atoms with Crippen molar-refractivity contribution in [2.45, 2.75) is 24.1 Å². The Morgan fingerprint density at radius 3 is 2.90 bits per heavy atom. The highest BCUT2D eigenvalue weighted by molar-refractivity contribution is 8.15. The van der Waals surface area contributed by atoms with Crippen LogP contribution in [-0.4, -0.2) is 20.4 Å². The van der Waals surface area contributed by atoms with E-state index in [1.165, 1.54) is 11.8 Å². The summed E-state index contributed by atoms with van der Waals surface area (Å²) in [7, 11) is 0. The number of hydrogen-bond acceptors (Lipinski definition) is 5. The molecule has 4 nitrogen and oxygen atoms in total. The lowest BCUT2D eigenvalue weighted by Gasteiger charge is -2.21. The largest absolute Gasteiger partial charge is 0.506 e. The molecule has 2 atom stereocenters. The summed E-state index contributed by atoms with van der Waals surface area (Å²) >= 11 is 1.52. The van der Waals surface area contributed by atoms with E-state index in [4.69, 9.17) is 13.8 Å². The number of aliphatic imine (C=N–C) groups is 1. The molecule has 0 spiro atoms. The number of nitrogens with zero attached hydrogens (tertiary/aromatic N) is 2. The van der Waals surface area contributed by atoms with Crippen LogP contribution in [0.1, 0.15) is 27.7 Å². The Morgan fingerprint density at radius 2 is 1.97 bits per heavy atom. The van der Waals surface area contributed by atoms with Crippen molar-refractivity contribution in [2.75, 3.05) is 0 Å². The van der Waals surface area contributed by atoms with E-state index in [-0.39, 0.29) is 11.0 Å². The predicted octanol–water partition coefficient (Wildman–Crippen LogP) is 6.07. The maximum Gasteiger partial charge on any atom is 0.219 e. The van der Waals surface area contributed by atoms with E-state index in [1.54, 1.807) is 18.2 Å². The van der Waals surface area contributed by atoms with Crippen molar-refractivity contribution in [3.05, 3.63) is 95.6 Å². The number of aromatic nitrogens is 1. The van der Waals surface area contributed by atoms with Crippen LogP contribution in [0.2, 0.25) is 0 Å². The molecule has 1 aliphatic carbocycles. The van der Waals surface area contributed by atoms with Gasteiger partial charge in [-0.2, -0.15) is 0 Å². The smallest absolute Gasteiger partial charge is 0.219 e. The third kappa shape index (κ3) is 3.00. The molecular weight excluding hydrogens is 404 g/mol. The fraction of sp³-hybridized carbons (Fsp3) is 0.154. The molecule has 1 aromatic heterocycles. The summed E-state index contributed by atoms with van der Waals surface area (Å²) in [6.45, 7) is -2.26. The Labute approximate surface area is 188 Å². The van der Waals surface area contributed by atoms with Crippen LogP contribution in [0.3, 0.4) is 0 Å². The number of aromatic hydroxyl groups is 1. The van der Waals surface area contributed by atoms with Gasteiger partial charge < -0.3 is 9.84 Å². The summed E-state index contributed by atoms with van der Waals surface area (Å²) < 4.78 is 31.1. The molecule has 0 saturated heterocycles. The zero-order valence-electron chi connectivity index (χ0n) is 19.4. The maximum atomic E-state index is 10.1. The number of fused-ring (bicyclic) bond motifs is 4. The number of phenols is 1. The number of para-hydroxylation sites is 1. The predicted molar refractivity (Wildman–Crippen MR) is 125 cm³/mol. The van der Waals surface area contributed by atoms with Gasteiger partial charge in [-0.1, -0.05) is 60.3 Å². The van der Waals surface area contributed by atoms with Gasteiger partial charge in [0.15, 0.2) is 0 Å². The second kappa shape index (κ2) is 6.86. The highest BCUT2D eigenvalue weighted by atomic mass is 32.2. The Hall–Kier alpha value is -3.31. The first kappa shape index (κ1) is 15.5. The van der Waals surface area contributed by atoms with Crippen LogP contribution in [0.25, 0.3) is 10.9 Å². The van der Waals surface area contributed by atoms with Crippen LogP contribution in [-0.2, 0) is 12.0 Å². The van der Waals surface area contributed by atoms with Crippen molar-refractivity contribution in [2.24, 2.45) is 4.99 Å². The molecule has 4 aromatic rings. The lowest BCUT2D eigenvalue weighted by atomic mass is 9.95. The molecule has 0 saturated carbocycles. The van der Waals surface area contributed by atoms with E-state index in [0.29, 0.717) is 28.6 Å². The minimum absolute atomic E-state index is 0.0928. The van der Waals surface area contributed by atoms with Gasteiger partial charge in [-0.3, -0.25) is 4.99 Å². The average molecular weight is 428 g/mol. The number of ether oxygens (including phenoxy) is 1. The van der Waals surface area contributed by atoms with Gasteiger partial charge in [0.2, 0.25) is 5.88 Å². The molecule has 0 amide bonds. The Kier molecular flexibility index (Phi) is 3.42. The fourth-order valence-electron chi connectivity index (χ4n) is 4.29. The number of hydrogen-bond donors (Lipinski definition) is 1. The quantitative estimate of drug-likeness (QED) is 0.431. The van der Waals surface area contributed by atoms with Crippen molar-refractivity contribution in [3.63, 3.8) is 0 Å². The van der Waals surface area contributed by atoms with Crippen LogP contribution in [0.4, 0.5) is 0 Å². The van der Waals surface area contributed by atoms with Gasteiger partial charge in [-0.25, -0.2) is 4.98 Å². The Morgan fingerprint density at radius 1 is 1.06 bits per heavy atom. The van der Waals surface area contributed by atoms with E-state index in [0.717, 1.165) is 22.1 Å². The van der Waals surface area contributed by atoms with E-state index in [9.17, 15) is 5.11 Å². The summed E-state index contributed by atoms with van der Waals surface area (Å²) in [5.74, 6) is 1.01. The molecule has 5 heteroatoms. The molecule has 152 valence electrons. The summed E-state index contributed by atoms with van der Waals surface area (Å²) in [4.78, 5) is 9.31. The first-order chi connectivity index (χ1) is 16.3. The first-order valence-corrected chi connectivity index (χ1v) is 10.9. The minimum atomic E-state index is -2.26. The normalized spacial score (nSPS) is 23.4. The van der Waals surface area contributed by atoms with Crippen molar-refractivity contribution < 1.29 is 14.0 Å². The van der Waals surface area contributed by atoms with Crippen LogP contribution < -0.4 is 4.74 Å². The summed E-state index contributed by atoms with van der Waals surface area (Å²) in [6.07, 6.45) is 0.674. The van der Waals surface area contributed by atoms with E-state index >= 15 is 0 Å². The number of thioether (sulfide) groups is 1. The van der Waals surface area contributed by atoms with E-state index in [1.807, 2.05) is 60.7 Å². The SMILES string of the molecule is [2H]C([2H])([2H])[C@@]12N=C(c3cccc(Oc4ccc5cccc(O)c5n4)c3)S[C@@H]1Cc1ccccc12. The lowest BCUT2D eigenvalue weighted by Crippen LogP contribution is -2.23. The Balaban J connectivity index is 1.36. The van der Waals surface area contributed by atoms with Crippen LogP contribution >= 0.6 is 11.8 Å². The van der Waals surface area contributed by atoms with Gasteiger partial charge in [-0.05, 0) is 48.7 Å². The summed E-state index contributed by atoms with van der Waals surface area (Å²) in [5, 5.41) is 11.4. The molecule has 3 aromatic carbocycles. The highest BCUT2D eigenvalue weighted by Gasteiger charge is 2.48. The van der Waals surface area contributed by atoms with Gasteiger partial charge in [0, 0.05) is 26.4 Å². The molecule has 1 N–H and O–H groups in total. The Bertz CT molecular complexity index is 1470. The van der Waals surface area contributed by atoms with E-state index in [2.05, 4.69) is 4.98 Å². The van der Waals surface area contributed by atoms with Crippen LogP contribution in [0.5, 0.6) is 17.4 Å². The molecular formula is C26H20N2O2S. The number of phenolic OH excluding ortho intramolecular Hbond substituents is 1. The van der Waals surface area contributed by atoms with Crippen molar-refractivity contribution in [1.82, 2.24) is 4.98 Å². The fourth-order valence-corrected chi connectivity index (χ4v) is 5.63. The van der Waals surface area contributed by atoms with Gasteiger partial charge in [0.05, 0.1) is 10.6 Å². The third-order valence-corrected chi connectivity index (χ3v) is 7.15. The average Bonchev–Trinajstić information content (AvgIpc) is 3.35. The molecule has 0 bridgehead atoms. The lowest BCUT2D eigenvalue weighted by molar-refractivity contribution is 0.460. The summed E-state index contributed by atoms with van der Waals surface area (Å²) in [5.41, 5.74) is 1.90. The summed E-state index contributed by atoms with van der Waals surface area (Å²) in [6, 6.07) is 24.0.